The van der Waals surface area contributed by atoms with E-state index in [4.69, 9.17) is 17.3 Å². The monoisotopic (exact) mass is 366 g/mol. The zero-order chi connectivity index (χ0) is 15.4. The first-order valence-electron chi connectivity index (χ1n) is 6.98. The average molecular weight is 368 g/mol. The van der Waals surface area contributed by atoms with Gasteiger partial charge in [-0.1, -0.05) is 45.7 Å². The fraction of sp³-hybridized carbons (Fsp3) is 0.294. The van der Waals surface area contributed by atoms with Gasteiger partial charge < -0.3 is 5.73 Å². The molecule has 0 atom stereocenters. The van der Waals surface area contributed by atoms with Crippen LogP contribution in [0.25, 0.3) is 0 Å². The molecule has 0 saturated heterocycles. The molecule has 2 N–H and O–H groups in total. The van der Waals surface area contributed by atoms with E-state index in [0.29, 0.717) is 6.04 Å². The molecule has 0 aliphatic carbocycles. The van der Waals surface area contributed by atoms with Crippen molar-refractivity contribution in [3.05, 3.63) is 63.1 Å². The second kappa shape index (κ2) is 7.30. The Bertz CT molecular complexity index is 613. The van der Waals surface area contributed by atoms with Crippen LogP contribution in [0.15, 0.2) is 46.9 Å². The summed E-state index contributed by atoms with van der Waals surface area (Å²) in [6.45, 7) is 6.06. The molecule has 0 amide bonds. The molecule has 0 bridgehead atoms. The molecule has 0 aliphatic heterocycles. The molecule has 0 radical (unpaired) electrons. The van der Waals surface area contributed by atoms with Crippen LogP contribution in [0.5, 0.6) is 0 Å². The maximum absolute atomic E-state index is 6.33. The number of nitrogens with zero attached hydrogens (tertiary/aromatic N) is 1. The molecule has 4 heteroatoms. The van der Waals surface area contributed by atoms with E-state index in [2.05, 4.69) is 46.8 Å². The first-order chi connectivity index (χ1) is 9.95. The van der Waals surface area contributed by atoms with Crippen LogP contribution in [0.2, 0.25) is 5.02 Å². The zero-order valence-electron chi connectivity index (χ0n) is 12.3. The van der Waals surface area contributed by atoms with Gasteiger partial charge in [-0.25, -0.2) is 0 Å². The maximum atomic E-state index is 6.33. The summed E-state index contributed by atoms with van der Waals surface area (Å²) in [7, 11) is 0. The third-order valence-electron chi connectivity index (χ3n) is 3.46. The van der Waals surface area contributed by atoms with Crippen LogP contribution >= 0.6 is 27.5 Å². The second-order valence-electron chi connectivity index (χ2n) is 5.48. The van der Waals surface area contributed by atoms with Gasteiger partial charge in [0.05, 0.1) is 0 Å². The molecule has 0 spiro atoms. The van der Waals surface area contributed by atoms with Gasteiger partial charge in [-0.15, -0.1) is 0 Å². The average Bonchev–Trinajstić information content (AvgIpc) is 2.40. The van der Waals surface area contributed by atoms with Crippen LogP contribution in [0, 0.1) is 0 Å². The topological polar surface area (TPSA) is 29.3 Å². The van der Waals surface area contributed by atoms with Crippen molar-refractivity contribution in [3.63, 3.8) is 0 Å². The third-order valence-corrected chi connectivity index (χ3v) is 4.30. The van der Waals surface area contributed by atoms with Gasteiger partial charge in [-0.3, -0.25) is 4.90 Å². The van der Waals surface area contributed by atoms with Crippen LogP contribution < -0.4 is 5.73 Å². The van der Waals surface area contributed by atoms with Crippen molar-refractivity contribution in [2.24, 2.45) is 0 Å². The number of anilines is 1. The van der Waals surface area contributed by atoms with E-state index in [9.17, 15) is 0 Å². The van der Waals surface area contributed by atoms with Crippen LogP contribution in [-0.2, 0) is 13.1 Å². The van der Waals surface area contributed by atoms with E-state index >= 15 is 0 Å². The Morgan fingerprint density at radius 1 is 1.14 bits per heavy atom. The summed E-state index contributed by atoms with van der Waals surface area (Å²) < 4.78 is 1.00. The number of nitrogens with two attached hydrogens (primary N) is 1. The van der Waals surface area contributed by atoms with Crippen LogP contribution in [0.1, 0.15) is 25.0 Å². The number of nitrogen functional groups attached to an aromatic ring is 1. The van der Waals surface area contributed by atoms with E-state index in [1.807, 2.05) is 30.3 Å². The van der Waals surface area contributed by atoms with Gasteiger partial charge >= 0.3 is 0 Å². The SMILES string of the molecule is CC(C)N(Cc1cccc(N)c1)Cc1ccc(Br)cc1Cl. The normalized spacial score (nSPS) is 11.3. The molecule has 112 valence electrons. The minimum atomic E-state index is 0.422. The highest BCUT2D eigenvalue weighted by Gasteiger charge is 2.13. The molecular formula is C17H20BrClN2. The molecule has 0 heterocycles. The lowest BCUT2D eigenvalue weighted by atomic mass is 10.1. The Morgan fingerprint density at radius 3 is 2.52 bits per heavy atom. The molecule has 0 unspecified atom stereocenters. The standard InChI is InChI=1S/C17H20BrClN2/c1-12(2)21(10-13-4-3-5-16(20)8-13)11-14-6-7-15(18)9-17(14)19/h3-9,12H,10-11,20H2,1-2H3. The summed E-state index contributed by atoms with van der Waals surface area (Å²) in [5.74, 6) is 0. The third kappa shape index (κ3) is 4.73. The lowest BCUT2D eigenvalue weighted by Crippen LogP contribution is -2.30. The van der Waals surface area contributed by atoms with Gasteiger partial charge in [0, 0.05) is 34.3 Å². The Morgan fingerprint density at radius 2 is 1.90 bits per heavy atom. The minimum absolute atomic E-state index is 0.422. The van der Waals surface area contributed by atoms with Crippen molar-refractivity contribution >= 4 is 33.2 Å². The summed E-state index contributed by atoms with van der Waals surface area (Å²) >= 11 is 9.77. The van der Waals surface area contributed by atoms with Crippen molar-refractivity contribution < 1.29 is 0 Å². The zero-order valence-corrected chi connectivity index (χ0v) is 14.7. The van der Waals surface area contributed by atoms with Gasteiger partial charge in [0.1, 0.15) is 0 Å². The molecule has 21 heavy (non-hydrogen) atoms. The highest BCUT2D eigenvalue weighted by atomic mass is 79.9. The molecular weight excluding hydrogens is 348 g/mol. The molecule has 2 nitrogen and oxygen atoms in total. The molecule has 0 saturated carbocycles. The van der Waals surface area contributed by atoms with Gasteiger partial charge in [0.15, 0.2) is 0 Å². The van der Waals surface area contributed by atoms with E-state index in [1.165, 1.54) is 5.56 Å². The van der Waals surface area contributed by atoms with Crippen LogP contribution in [-0.4, -0.2) is 10.9 Å². The Kier molecular flexibility index (Phi) is 5.68. The first kappa shape index (κ1) is 16.3. The first-order valence-corrected chi connectivity index (χ1v) is 8.15. The Labute approximate surface area is 140 Å². The van der Waals surface area contributed by atoms with Crippen molar-refractivity contribution in [1.29, 1.82) is 0 Å². The van der Waals surface area contributed by atoms with Crippen LogP contribution in [0.4, 0.5) is 5.69 Å². The molecule has 2 aromatic rings. The number of hydrogen-bond acceptors (Lipinski definition) is 2. The summed E-state index contributed by atoms with van der Waals surface area (Å²) in [4.78, 5) is 2.38. The highest BCUT2D eigenvalue weighted by Crippen LogP contribution is 2.24. The van der Waals surface area contributed by atoms with Gasteiger partial charge in [-0.05, 0) is 49.2 Å². The van der Waals surface area contributed by atoms with Crippen molar-refractivity contribution in [2.75, 3.05) is 5.73 Å². The lowest BCUT2D eigenvalue weighted by Gasteiger charge is -2.27. The number of halogens is 2. The fourth-order valence-electron chi connectivity index (χ4n) is 2.22. The quantitative estimate of drug-likeness (QED) is 0.745. The van der Waals surface area contributed by atoms with Crippen molar-refractivity contribution in [3.8, 4) is 0 Å². The second-order valence-corrected chi connectivity index (χ2v) is 6.80. The fourth-order valence-corrected chi connectivity index (χ4v) is 2.95. The smallest absolute Gasteiger partial charge is 0.0462 e. The van der Waals surface area contributed by atoms with Crippen molar-refractivity contribution in [1.82, 2.24) is 4.90 Å². The van der Waals surface area contributed by atoms with Gasteiger partial charge in [0.2, 0.25) is 0 Å². The predicted molar refractivity (Wildman–Crippen MR) is 94.4 cm³/mol. The summed E-state index contributed by atoms with van der Waals surface area (Å²) in [6, 6.07) is 14.5. The van der Waals surface area contributed by atoms with E-state index in [0.717, 1.165) is 33.8 Å². The molecule has 2 rings (SSSR count). The van der Waals surface area contributed by atoms with Gasteiger partial charge in [0.25, 0.3) is 0 Å². The van der Waals surface area contributed by atoms with E-state index in [-0.39, 0.29) is 0 Å². The number of hydrogen-bond donors (Lipinski definition) is 1. The summed E-state index contributed by atoms with van der Waals surface area (Å²) in [5.41, 5.74) is 9.02. The Balaban J connectivity index is 2.16. The van der Waals surface area contributed by atoms with Crippen LogP contribution in [0.3, 0.4) is 0 Å². The number of benzene rings is 2. The highest BCUT2D eigenvalue weighted by molar-refractivity contribution is 9.10. The van der Waals surface area contributed by atoms with E-state index < -0.39 is 0 Å². The van der Waals surface area contributed by atoms with Crippen molar-refractivity contribution in [2.45, 2.75) is 33.0 Å². The molecule has 0 fully saturated rings. The van der Waals surface area contributed by atoms with E-state index in [1.54, 1.807) is 0 Å². The summed E-state index contributed by atoms with van der Waals surface area (Å²) in [6.07, 6.45) is 0. The van der Waals surface area contributed by atoms with Gasteiger partial charge in [-0.2, -0.15) is 0 Å². The Hall–Kier alpha value is -1.03. The lowest BCUT2D eigenvalue weighted by molar-refractivity contribution is 0.204. The predicted octanol–water partition coefficient (Wildman–Crippen LogP) is 5.10. The summed E-state index contributed by atoms with van der Waals surface area (Å²) in [5, 5.41) is 0.794. The maximum Gasteiger partial charge on any atom is 0.0462 e. The largest absolute Gasteiger partial charge is 0.399 e. The molecule has 0 aliphatic rings. The number of rotatable bonds is 5. The molecule has 2 aromatic carbocycles. The molecule has 0 aromatic heterocycles. The minimum Gasteiger partial charge on any atom is -0.399 e.